The van der Waals surface area contributed by atoms with Crippen LogP contribution in [0.1, 0.15) is 46.1 Å². The van der Waals surface area contributed by atoms with Crippen LogP contribution >= 0.6 is 0 Å². The van der Waals surface area contributed by atoms with E-state index < -0.39 is 5.60 Å². The quantitative estimate of drug-likeness (QED) is 0.771. The van der Waals surface area contributed by atoms with Crippen molar-refractivity contribution < 1.29 is 5.11 Å². The fourth-order valence-corrected chi connectivity index (χ4v) is 3.13. The Hall–Kier alpha value is -1.94. The molecule has 1 N–H and O–H groups in total. The van der Waals surface area contributed by atoms with E-state index >= 15 is 0 Å². The molecule has 0 saturated carbocycles. The van der Waals surface area contributed by atoms with Crippen LogP contribution in [0.2, 0.25) is 0 Å². The maximum atomic E-state index is 10.6. The van der Waals surface area contributed by atoms with Crippen LogP contribution in [0.3, 0.4) is 0 Å². The summed E-state index contributed by atoms with van der Waals surface area (Å²) in [6.07, 6.45) is 6.79. The minimum atomic E-state index is -0.798. The summed E-state index contributed by atoms with van der Waals surface area (Å²) in [4.78, 5) is 8.97. The summed E-state index contributed by atoms with van der Waals surface area (Å²) in [5.41, 5.74) is 2.10. The molecule has 116 valence electrons. The Balaban J connectivity index is 2.22. The van der Waals surface area contributed by atoms with Crippen LogP contribution in [0.15, 0.2) is 36.8 Å². The average molecular weight is 297 g/mol. The van der Waals surface area contributed by atoms with Gasteiger partial charge in [-0.3, -0.25) is 4.98 Å². The zero-order chi connectivity index (χ0) is 15.7. The van der Waals surface area contributed by atoms with Gasteiger partial charge in [-0.05, 0) is 26.3 Å². The Kier molecular flexibility index (Phi) is 3.87. The fourth-order valence-electron chi connectivity index (χ4n) is 3.13. The summed E-state index contributed by atoms with van der Waals surface area (Å²) in [5.74, 6) is 0. The smallest absolute Gasteiger partial charge is 0.107 e. The van der Waals surface area contributed by atoms with Crippen molar-refractivity contribution in [2.75, 3.05) is 0 Å². The van der Waals surface area contributed by atoms with Gasteiger partial charge in [0.25, 0.3) is 0 Å². The number of benzene rings is 1. The maximum Gasteiger partial charge on any atom is 0.107 e. The zero-order valence-corrected chi connectivity index (χ0v) is 13.5. The molecule has 22 heavy (non-hydrogen) atoms. The highest BCUT2D eigenvalue weighted by Crippen LogP contribution is 2.33. The number of hydrogen-bond acceptors (Lipinski definition) is 3. The maximum absolute atomic E-state index is 10.6. The lowest BCUT2D eigenvalue weighted by Gasteiger charge is -2.31. The number of aromatic nitrogens is 3. The first kappa shape index (κ1) is 15.0. The number of imidazole rings is 1. The Morgan fingerprint density at radius 1 is 1.18 bits per heavy atom. The number of pyridine rings is 1. The van der Waals surface area contributed by atoms with Crippen molar-refractivity contribution in [3.8, 4) is 0 Å². The number of unbranched alkanes of at least 4 members (excludes halogenated alkanes) is 1. The minimum absolute atomic E-state index is 0.00301. The first-order chi connectivity index (χ1) is 10.5. The molecule has 0 radical (unpaired) electrons. The lowest BCUT2D eigenvalue weighted by molar-refractivity contribution is 0.0201. The van der Waals surface area contributed by atoms with Crippen LogP contribution in [0, 0.1) is 0 Å². The molecule has 0 aliphatic rings. The second kappa shape index (κ2) is 5.69. The van der Waals surface area contributed by atoms with Gasteiger partial charge >= 0.3 is 0 Å². The van der Waals surface area contributed by atoms with Gasteiger partial charge in [0.05, 0.1) is 35.2 Å². The Bertz CT molecular complexity index is 786. The Morgan fingerprint density at radius 2 is 1.95 bits per heavy atom. The molecule has 3 rings (SSSR count). The molecule has 0 aliphatic heterocycles. The molecule has 0 aliphatic carbocycles. The van der Waals surface area contributed by atoms with Crippen molar-refractivity contribution in [1.82, 2.24) is 14.5 Å². The molecule has 0 amide bonds. The second-order valence-corrected chi connectivity index (χ2v) is 6.47. The highest BCUT2D eigenvalue weighted by molar-refractivity contribution is 6.02. The van der Waals surface area contributed by atoms with E-state index in [1.165, 1.54) is 0 Å². The molecule has 2 aromatic heterocycles. The van der Waals surface area contributed by atoms with E-state index in [1.54, 1.807) is 0 Å². The summed E-state index contributed by atoms with van der Waals surface area (Å²) in [6.45, 7) is 5.93. The molecule has 4 heteroatoms. The van der Waals surface area contributed by atoms with E-state index in [0.717, 1.165) is 41.2 Å². The minimum Gasteiger partial charge on any atom is -0.388 e. The number of hydrogen-bond donors (Lipinski definition) is 1. The molecule has 1 atom stereocenters. The lowest BCUT2D eigenvalue weighted by atomic mass is 9.93. The van der Waals surface area contributed by atoms with E-state index in [1.807, 2.05) is 44.6 Å². The van der Waals surface area contributed by atoms with Gasteiger partial charge in [-0.25, -0.2) is 4.98 Å². The molecule has 0 bridgehead atoms. The number of rotatable bonds is 5. The van der Waals surface area contributed by atoms with Crippen LogP contribution < -0.4 is 0 Å². The lowest BCUT2D eigenvalue weighted by Crippen LogP contribution is -2.33. The third-order valence-electron chi connectivity index (χ3n) is 4.29. The summed E-state index contributed by atoms with van der Waals surface area (Å²) in [6, 6.07) is 8.10. The summed E-state index contributed by atoms with van der Waals surface area (Å²) in [5, 5.41) is 11.7. The van der Waals surface area contributed by atoms with Gasteiger partial charge in [-0.15, -0.1) is 0 Å². The molecule has 4 nitrogen and oxygen atoms in total. The van der Waals surface area contributed by atoms with E-state index in [9.17, 15) is 5.11 Å². The van der Waals surface area contributed by atoms with Gasteiger partial charge in [0.1, 0.15) is 5.52 Å². The van der Waals surface area contributed by atoms with Gasteiger partial charge in [-0.2, -0.15) is 0 Å². The molecular formula is C18H23N3O. The number of aliphatic hydroxyl groups is 1. The van der Waals surface area contributed by atoms with Crippen LogP contribution in [0.4, 0.5) is 0 Å². The van der Waals surface area contributed by atoms with Crippen molar-refractivity contribution in [3.05, 3.63) is 36.8 Å². The van der Waals surface area contributed by atoms with Crippen LogP contribution in [-0.2, 0) is 0 Å². The highest BCUT2D eigenvalue weighted by atomic mass is 16.3. The molecule has 2 heterocycles. The topological polar surface area (TPSA) is 50.9 Å². The van der Waals surface area contributed by atoms with Gasteiger partial charge in [0.2, 0.25) is 0 Å². The summed E-state index contributed by atoms with van der Waals surface area (Å²) < 4.78 is 2.13. The normalized spacial score (nSPS) is 13.8. The average Bonchev–Trinajstić information content (AvgIpc) is 2.90. The molecule has 3 aromatic rings. The summed E-state index contributed by atoms with van der Waals surface area (Å²) >= 11 is 0. The molecule has 0 fully saturated rings. The van der Waals surface area contributed by atoms with Crippen molar-refractivity contribution in [1.29, 1.82) is 0 Å². The molecule has 0 unspecified atom stereocenters. The van der Waals surface area contributed by atoms with Gasteiger partial charge in [0, 0.05) is 5.39 Å². The third-order valence-corrected chi connectivity index (χ3v) is 4.29. The van der Waals surface area contributed by atoms with Crippen molar-refractivity contribution in [2.24, 2.45) is 0 Å². The highest BCUT2D eigenvalue weighted by Gasteiger charge is 2.29. The number of para-hydroxylation sites is 1. The molecule has 0 spiro atoms. The standard InChI is InChI=1S/C18H23N3O/c1-4-5-10-16(18(2,3)22)21-12-20-15-11-19-14-9-7-6-8-13(14)17(15)21/h6-9,11-12,16,22H,4-5,10H2,1-3H3/t16-/m1/s1. The van der Waals surface area contributed by atoms with Crippen LogP contribution in [0.25, 0.3) is 21.9 Å². The Morgan fingerprint density at radius 3 is 2.68 bits per heavy atom. The molecule has 1 aromatic carbocycles. The predicted molar refractivity (Wildman–Crippen MR) is 89.9 cm³/mol. The van der Waals surface area contributed by atoms with Crippen molar-refractivity contribution >= 4 is 21.9 Å². The van der Waals surface area contributed by atoms with E-state index in [-0.39, 0.29) is 6.04 Å². The predicted octanol–water partition coefficient (Wildman–Crippen LogP) is 4.09. The first-order valence-corrected chi connectivity index (χ1v) is 7.95. The van der Waals surface area contributed by atoms with Gasteiger partial charge < -0.3 is 9.67 Å². The van der Waals surface area contributed by atoms with Gasteiger partial charge in [0.15, 0.2) is 0 Å². The van der Waals surface area contributed by atoms with Crippen molar-refractivity contribution in [3.63, 3.8) is 0 Å². The zero-order valence-electron chi connectivity index (χ0n) is 13.5. The molecule has 0 saturated heterocycles. The van der Waals surface area contributed by atoms with Crippen molar-refractivity contribution in [2.45, 2.75) is 51.7 Å². The van der Waals surface area contributed by atoms with Gasteiger partial charge in [-0.1, -0.05) is 38.0 Å². The fraction of sp³-hybridized carbons (Fsp3) is 0.444. The van der Waals surface area contributed by atoms with E-state index in [0.29, 0.717) is 0 Å². The molecular weight excluding hydrogens is 274 g/mol. The van der Waals surface area contributed by atoms with Crippen LogP contribution in [-0.4, -0.2) is 25.2 Å². The largest absolute Gasteiger partial charge is 0.388 e. The third kappa shape index (κ3) is 2.59. The SMILES string of the molecule is CCCC[C@@H](n1cnc2cnc3ccccc3c21)C(C)(C)O. The van der Waals surface area contributed by atoms with Crippen LogP contribution in [0.5, 0.6) is 0 Å². The van der Waals surface area contributed by atoms with E-state index in [4.69, 9.17) is 0 Å². The first-order valence-electron chi connectivity index (χ1n) is 7.95. The number of nitrogens with zero attached hydrogens (tertiary/aromatic N) is 3. The summed E-state index contributed by atoms with van der Waals surface area (Å²) in [7, 11) is 0. The van der Waals surface area contributed by atoms with E-state index in [2.05, 4.69) is 27.5 Å². The Labute approximate surface area is 130 Å². The second-order valence-electron chi connectivity index (χ2n) is 6.47. The monoisotopic (exact) mass is 297 g/mol. The number of fused-ring (bicyclic) bond motifs is 3.